The fourth-order valence-electron chi connectivity index (χ4n) is 1.71. The van der Waals surface area contributed by atoms with Crippen LogP contribution in [0.5, 0.6) is 0 Å². The molecule has 0 saturated carbocycles. The summed E-state index contributed by atoms with van der Waals surface area (Å²) in [6, 6.07) is 12.8. The van der Waals surface area contributed by atoms with E-state index in [2.05, 4.69) is 10.3 Å². The first-order chi connectivity index (χ1) is 9.65. The molecule has 2 aromatic rings. The van der Waals surface area contributed by atoms with Gasteiger partial charge in [-0.05, 0) is 30.2 Å². The Labute approximate surface area is 122 Å². The summed E-state index contributed by atoms with van der Waals surface area (Å²) < 4.78 is 5.15. The molecule has 5 heteroatoms. The molecule has 0 spiro atoms. The van der Waals surface area contributed by atoms with Crippen molar-refractivity contribution in [1.29, 1.82) is 0 Å². The number of ether oxygens (including phenoxy) is 1. The molecule has 0 fully saturated rings. The van der Waals surface area contributed by atoms with Crippen LogP contribution in [0.4, 0.5) is 4.79 Å². The van der Waals surface area contributed by atoms with Gasteiger partial charge >= 0.3 is 6.09 Å². The molecule has 1 aromatic heterocycles. The molecule has 20 heavy (non-hydrogen) atoms. The molecular formula is C15H15ClN2O2. The van der Waals surface area contributed by atoms with Gasteiger partial charge in [-0.2, -0.15) is 0 Å². The third-order valence-electron chi connectivity index (χ3n) is 2.80. The average molecular weight is 291 g/mol. The van der Waals surface area contributed by atoms with Crippen LogP contribution in [-0.2, 0) is 11.3 Å². The van der Waals surface area contributed by atoms with Crippen molar-refractivity contribution in [1.82, 2.24) is 10.3 Å². The van der Waals surface area contributed by atoms with E-state index in [1.807, 2.05) is 37.3 Å². The molecule has 1 aromatic carbocycles. The van der Waals surface area contributed by atoms with Crippen LogP contribution in [0.1, 0.15) is 24.1 Å². The molecular weight excluding hydrogens is 276 g/mol. The van der Waals surface area contributed by atoms with E-state index in [-0.39, 0.29) is 12.6 Å². The van der Waals surface area contributed by atoms with E-state index in [1.54, 1.807) is 18.3 Å². The highest BCUT2D eigenvalue weighted by Crippen LogP contribution is 2.15. The number of nitrogens with one attached hydrogen (secondary N) is 1. The number of rotatable bonds is 4. The molecule has 0 aliphatic rings. The molecule has 104 valence electrons. The normalized spacial score (nSPS) is 11.7. The molecule has 0 saturated heterocycles. The maximum absolute atomic E-state index is 11.7. The Morgan fingerprint density at radius 2 is 2.10 bits per heavy atom. The zero-order valence-corrected chi connectivity index (χ0v) is 11.8. The monoisotopic (exact) mass is 290 g/mol. The summed E-state index contributed by atoms with van der Waals surface area (Å²) in [5, 5.41) is 3.14. The van der Waals surface area contributed by atoms with Crippen molar-refractivity contribution in [3.63, 3.8) is 0 Å². The molecule has 1 heterocycles. The Morgan fingerprint density at radius 1 is 1.35 bits per heavy atom. The quantitative estimate of drug-likeness (QED) is 0.873. The Kier molecular flexibility index (Phi) is 4.96. The zero-order valence-electron chi connectivity index (χ0n) is 11.0. The molecule has 0 aliphatic carbocycles. The summed E-state index contributed by atoms with van der Waals surface area (Å²) in [5.74, 6) is 0. The highest BCUT2D eigenvalue weighted by atomic mass is 35.5. The van der Waals surface area contributed by atoms with E-state index in [0.29, 0.717) is 5.15 Å². The van der Waals surface area contributed by atoms with Crippen LogP contribution in [-0.4, -0.2) is 11.1 Å². The van der Waals surface area contributed by atoms with Crippen LogP contribution in [0.15, 0.2) is 48.7 Å². The van der Waals surface area contributed by atoms with Gasteiger partial charge in [-0.15, -0.1) is 0 Å². The molecule has 0 bridgehead atoms. The molecule has 4 nitrogen and oxygen atoms in total. The van der Waals surface area contributed by atoms with E-state index < -0.39 is 6.09 Å². The van der Waals surface area contributed by atoms with E-state index in [9.17, 15) is 4.79 Å². The highest BCUT2D eigenvalue weighted by molar-refractivity contribution is 6.29. The number of hydrogen-bond acceptors (Lipinski definition) is 3. The van der Waals surface area contributed by atoms with Gasteiger partial charge in [0, 0.05) is 6.20 Å². The fraction of sp³-hybridized carbons (Fsp3) is 0.200. The minimum absolute atomic E-state index is 0.196. The summed E-state index contributed by atoms with van der Waals surface area (Å²) >= 11 is 5.81. The van der Waals surface area contributed by atoms with Crippen LogP contribution in [0.3, 0.4) is 0 Å². The Bertz CT molecular complexity index is 575. The first-order valence-corrected chi connectivity index (χ1v) is 6.61. The van der Waals surface area contributed by atoms with Crippen molar-refractivity contribution in [2.75, 3.05) is 0 Å². The van der Waals surface area contributed by atoms with Gasteiger partial charge in [-0.3, -0.25) is 0 Å². The van der Waals surface area contributed by atoms with Crippen LogP contribution >= 0.6 is 11.6 Å². The number of benzene rings is 1. The minimum atomic E-state index is -0.464. The van der Waals surface area contributed by atoms with Crippen LogP contribution < -0.4 is 5.32 Å². The molecule has 0 aliphatic heterocycles. The maximum Gasteiger partial charge on any atom is 0.407 e. The van der Waals surface area contributed by atoms with E-state index in [0.717, 1.165) is 11.1 Å². The largest absolute Gasteiger partial charge is 0.445 e. The smallest absolute Gasteiger partial charge is 0.407 e. The van der Waals surface area contributed by atoms with E-state index in [4.69, 9.17) is 16.3 Å². The van der Waals surface area contributed by atoms with Crippen LogP contribution in [0.2, 0.25) is 5.15 Å². The lowest BCUT2D eigenvalue weighted by atomic mass is 10.1. The third kappa shape index (κ3) is 4.24. The van der Waals surface area contributed by atoms with Gasteiger partial charge in [0.25, 0.3) is 0 Å². The van der Waals surface area contributed by atoms with Gasteiger partial charge in [-0.1, -0.05) is 41.9 Å². The van der Waals surface area contributed by atoms with Crippen molar-refractivity contribution < 1.29 is 9.53 Å². The predicted molar refractivity (Wildman–Crippen MR) is 77.4 cm³/mol. The van der Waals surface area contributed by atoms with Crippen LogP contribution in [0.25, 0.3) is 0 Å². The summed E-state index contributed by atoms with van der Waals surface area (Å²) in [5.41, 5.74) is 1.82. The maximum atomic E-state index is 11.7. The Hall–Kier alpha value is -2.07. The summed E-state index contributed by atoms with van der Waals surface area (Å²) in [6.07, 6.45) is 1.14. The van der Waals surface area contributed by atoms with Gasteiger partial charge in [0.15, 0.2) is 0 Å². The average Bonchev–Trinajstić information content (AvgIpc) is 2.46. The van der Waals surface area contributed by atoms with Gasteiger partial charge in [0.2, 0.25) is 0 Å². The number of amides is 1. The number of carbonyl (C=O) groups excluding carboxylic acids is 1. The number of carbonyl (C=O) groups is 1. The number of alkyl carbamates (subject to hydrolysis) is 1. The number of nitrogens with zero attached hydrogens (tertiary/aromatic N) is 1. The van der Waals surface area contributed by atoms with Crippen molar-refractivity contribution >= 4 is 17.7 Å². The summed E-state index contributed by atoms with van der Waals surface area (Å²) in [7, 11) is 0. The van der Waals surface area contributed by atoms with E-state index >= 15 is 0 Å². The minimum Gasteiger partial charge on any atom is -0.445 e. The molecule has 0 radical (unpaired) electrons. The van der Waals surface area contributed by atoms with Crippen molar-refractivity contribution in [2.24, 2.45) is 0 Å². The highest BCUT2D eigenvalue weighted by Gasteiger charge is 2.11. The second kappa shape index (κ2) is 6.91. The summed E-state index contributed by atoms with van der Waals surface area (Å²) in [6.45, 7) is 2.10. The van der Waals surface area contributed by atoms with Crippen molar-refractivity contribution in [2.45, 2.75) is 19.6 Å². The first-order valence-electron chi connectivity index (χ1n) is 6.24. The second-order valence-corrected chi connectivity index (χ2v) is 4.73. The lowest BCUT2D eigenvalue weighted by Crippen LogP contribution is -2.27. The first kappa shape index (κ1) is 14.3. The topological polar surface area (TPSA) is 51.2 Å². The molecule has 2 rings (SSSR count). The number of aromatic nitrogens is 1. The van der Waals surface area contributed by atoms with Gasteiger partial charge < -0.3 is 10.1 Å². The van der Waals surface area contributed by atoms with Crippen LogP contribution in [0, 0.1) is 0 Å². The lowest BCUT2D eigenvalue weighted by molar-refractivity contribution is 0.136. The lowest BCUT2D eigenvalue weighted by Gasteiger charge is -2.14. The fourth-order valence-corrected chi connectivity index (χ4v) is 1.89. The standard InChI is InChI=1S/C15H15ClN2O2/c1-11(13-7-8-17-14(16)9-13)18-15(19)20-10-12-5-3-2-4-6-12/h2-9,11H,10H2,1H3,(H,18,19). The SMILES string of the molecule is CC(NC(=O)OCc1ccccc1)c1ccnc(Cl)c1. The Morgan fingerprint density at radius 3 is 2.80 bits per heavy atom. The second-order valence-electron chi connectivity index (χ2n) is 4.34. The zero-order chi connectivity index (χ0) is 14.4. The number of hydrogen-bond donors (Lipinski definition) is 1. The van der Waals surface area contributed by atoms with E-state index in [1.165, 1.54) is 0 Å². The molecule has 1 unspecified atom stereocenters. The number of halogens is 1. The van der Waals surface area contributed by atoms with Crippen molar-refractivity contribution in [3.8, 4) is 0 Å². The molecule has 1 atom stereocenters. The summed E-state index contributed by atoms with van der Waals surface area (Å²) in [4.78, 5) is 15.6. The van der Waals surface area contributed by atoms with Gasteiger partial charge in [0.1, 0.15) is 11.8 Å². The third-order valence-corrected chi connectivity index (χ3v) is 3.00. The molecule has 1 amide bonds. The number of pyridine rings is 1. The predicted octanol–water partition coefficient (Wildman–Crippen LogP) is 3.72. The molecule has 1 N–H and O–H groups in total. The van der Waals surface area contributed by atoms with Crippen molar-refractivity contribution in [3.05, 3.63) is 64.9 Å². The van der Waals surface area contributed by atoms with Gasteiger partial charge in [0.05, 0.1) is 6.04 Å². The Balaban J connectivity index is 1.85. The van der Waals surface area contributed by atoms with Gasteiger partial charge in [-0.25, -0.2) is 9.78 Å².